The summed E-state index contributed by atoms with van der Waals surface area (Å²) in [7, 11) is 0. The molecule has 0 radical (unpaired) electrons. The van der Waals surface area contributed by atoms with Crippen molar-refractivity contribution < 1.29 is 0 Å². The Morgan fingerprint density at radius 3 is 2.11 bits per heavy atom. The first-order chi connectivity index (χ1) is 8.40. The van der Waals surface area contributed by atoms with Crippen molar-refractivity contribution in [2.45, 2.75) is 65.3 Å². The molecule has 18 heavy (non-hydrogen) atoms. The minimum Gasteiger partial charge on any atom is -0.324 e. The quantitative estimate of drug-likeness (QED) is 0.794. The van der Waals surface area contributed by atoms with Gasteiger partial charge in [-0.15, -0.1) is 0 Å². The van der Waals surface area contributed by atoms with Crippen molar-refractivity contribution in [2.24, 2.45) is 11.7 Å². The van der Waals surface area contributed by atoms with Gasteiger partial charge in [0.15, 0.2) is 0 Å². The van der Waals surface area contributed by atoms with E-state index in [1.165, 1.54) is 24.0 Å². The summed E-state index contributed by atoms with van der Waals surface area (Å²) in [6.45, 7) is 11.3. The van der Waals surface area contributed by atoms with Crippen molar-refractivity contribution in [2.75, 3.05) is 0 Å². The second-order valence-corrected chi connectivity index (χ2v) is 6.36. The Hall–Kier alpha value is -0.820. The van der Waals surface area contributed by atoms with Crippen LogP contribution in [0, 0.1) is 5.92 Å². The minimum absolute atomic E-state index is 0.169. The second-order valence-electron chi connectivity index (χ2n) is 6.36. The van der Waals surface area contributed by atoms with E-state index in [1.54, 1.807) is 0 Å². The molecule has 1 heteroatoms. The highest BCUT2D eigenvalue weighted by atomic mass is 14.6. The third kappa shape index (κ3) is 3.84. The molecule has 1 aromatic rings. The van der Waals surface area contributed by atoms with E-state index in [-0.39, 0.29) is 11.5 Å². The smallest absolute Gasteiger partial charge is 0.0300 e. The zero-order valence-electron chi connectivity index (χ0n) is 12.7. The average Bonchev–Trinajstić information content (AvgIpc) is 2.34. The lowest BCUT2D eigenvalue weighted by atomic mass is 9.80. The van der Waals surface area contributed by atoms with E-state index in [4.69, 9.17) is 5.73 Å². The van der Waals surface area contributed by atoms with Gasteiger partial charge >= 0.3 is 0 Å². The molecule has 0 saturated carbocycles. The van der Waals surface area contributed by atoms with Crippen molar-refractivity contribution in [3.8, 4) is 0 Å². The van der Waals surface area contributed by atoms with Gasteiger partial charge in [-0.3, -0.25) is 0 Å². The largest absolute Gasteiger partial charge is 0.324 e. The normalized spacial score (nSPS) is 13.9. The Kier molecular flexibility index (Phi) is 5.40. The molecular weight excluding hydrogens is 218 g/mol. The lowest BCUT2D eigenvalue weighted by Crippen LogP contribution is -2.21. The van der Waals surface area contributed by atoms with Gasteiger partial charge in [-0.1, -0.05) is 71.7 Å². The molecule has 0 heterocycles. The zero-order chi connectivity index (χ0) is 13.8. The predicted molar refractivity (Wildman–Crippen MR) is 80.8 cm³/mol. The van der Waals surface area contributed by atoms with Crippen LogP contribution in [-0.2, 0) is 5.41 Å². The fourth-order valence-corrected chi connectivity index (χ4v) is 2.61. The van der Waals surface area contributed by atoms with Crippen LogP contribution in [0.15, 0.2) is 24.3 Å². The first kappa shape index (κ1) is 15.2. The molecule has 102 valence electrons. The number of nitrogens with two attached hydrogens (primary N) is 1. The maximum atomic E-state index is 6.44. The van der Waals surface area contributed by atoms with Gasteiger partial charge in [0.2, 0.25) is 0 Å². The van der Waals surface area contributed by atoms with Crippen LogP contribution in [-0.4, -0.2) is 0 Å². The third-order valence-corrected chi connectivity index (χ3v) is 3.91. The van der Waals surface area contributed by atoms with Crippen LogP contribution in [0.1, 0.15) is 71.0 Å². The molecular formula is C17H29N. The second kappa shape index (κ2) is 6.38. The maximum absolute atomic E-state index is 6.44. The number of benzene rings is 1. The molecule has 0 bridgehead atoms. The van der Waals surface area contributed by atoms with E-state index in [9.17, 15) is 0 Å². The van der Waals surface area contributed by atoms with Gasteiger partial charge in [0.25, 0.3) is 0 Å². The van der Waals surface area contributed by atoms with Crippen LogP contribution in [0.2, 0.25) is 0 Å². The molecule has 1 aromatic carbocycles. The molecule has 1 atom stereocenters. The van der Waals surface area contributed by atoms with Crippen molar-refractivity contribution >= 4 is 0 Å². The van der Waals surface area contributed by atoms with Crippen LogP contribution in [0.25, 0.3) is 0 Å². The van der Waals surface area contributed by atoms with Gasteiger partial charge in [0, 0.05) is 6.04 Å². The summed E-state index contributed by atoms with van der Waals surface area (Å²) in [5.41, 5.74) is 9.34. The fraction of sp³-hybridized carbons (Fsp3) is 0.647. The molecule has 0 spiro atoms. The van der Waals surface area contributed by atoms with Crippen LogP contribution in [0.4, 0.5) is 0 Å². The maximum Gasteiger partial charge on any atom is 0.0300 e. The molecule has 0 aliphatic heterocycles. The lowest BCUT2D eigenvalue weighted by molar-refractivity contribution is 0.410. The summed E-state index contributed by atoms with van der Waals surface area (Å²) < 4.78 is 0. The molecule has 1 unspecified atom stereocenters. The molecule has 0 aromatic heterocycles. The first-order valence-corrected chi connectivity index (χ1v) is 7.25. The molecule has 2 N–H and O–H groups in total. The van der Waals surface area contributed by atoms with Crippen molar-refractivity contribution in [1.29, 1.82) is 0 Å². The van der Waals surface area contributed by atoms with E-state index >= 15 is 0 Å². The summed E-state index contributed by atoms with van der Waals surface area (Å²) in [6, 6.07) is 8.83. The number of hydrogen-bond acceptors (Lipinski definition) is 1. The summed E-state index contributed by atoms with van der Waals surface area (Å²) in [4.78, 5) is 0. The van der Waals surface area contributed by atoms with Gasteiger partial charge in [-0.05, 0) is 28.9 Å². The van der Waals surface area contributed by atoms with E-state index in [1.807, 2.05) is 0 Å². The van der Waals surface area contributed by atoms with Crippen LogP contribution in [0.5, 0.6) is 0 Å². The van der Waals surface area contributed by atoms with Crippen molar-refractivity contribution in [3.63, 3.8) is 0 Å². The summed E-state index contributed by atoms with van der Waals surface area (Å²) in [5.74, 6) is 0.744. The van der Waals surface area contributed by atoms with E-state index in [2.05, 4.69) is 58.9 Å². The highest BCUT2D eigenvalue weighted by Gasteiger charge is 2.21. The monoisotopic (exact) mass is 247 g/mol. The Bertz CT molecular complexity index is 358. The van der Waals surface area contributed by atoms with Gasteiger partial charge < -0.3 is 5.73 Å². The lowest BCUT2D eigenvalue weighted by Gasteiger charge is -2.27. The van der Waals surface area contributed by atoms with Gasteiger partial charge in [-0.2, -0.15) is 0 Å². The molecule has 0 aliphatic carbocycles. The summed E-state index contributed by atoms with van der Waals surface area (Å²) >= 11 is 0. The zero-order valence-corrected chi connectivity index (χ0v) is 12.7. The predicted octanol–water partition coefficient (Wildman–Crippen LogP) is 4.81. The van der Waals surface area contributed by atoms with Crippen LogP contribution in [0.3, 0.4) is 0 Å². The van der Waals surface area contributed by atoms with Crippen molar-refractivity contribution in [3.05, 3.63) is 35.4 Å². The third-order valence-electron chi connectivity index (χ3n) is 3.91. The van der Waals surface area contributed by atoms with Crippen LogP contribution >= 0.6 is 0 Å². The molecule has 0 saturated heterocycles. The Labute approximate surface area is 113 Å². The highest BCUT2D eigenvalue weighted by molar-refractivity contribution is 5.35. The van der Waals surface area contributed by atoms with Gasteiger partial charge in [0.1, 0.15) is 0 Å². The SMILES string of the molecule is CCC(CC)CC(N)c1ccccc1C(C)(C)C. The number of rotatable bonds is 5. The fourth-order valence-electron chi connectivity index (χ4n) is 2.61. The first-order valence-electron chi connectivity index (χ1n) is 7.25. The highest BCUT2D eigenvalue weighted by Crippen LogP contribution is 2.32. The van der Waals surface area contributed by atoms with Crippen LogP contribution < -0.4 is 5.73 Å². The summed E-state index contributed by atoms with van der Waals surface area (Å²) in [6.07, 6.45) is 3.55. The Morgan fingerprint density at radius 1 is 1.06 bits per heavy atom. The van der Waals surface area contributed by atoms with E-state index in [0.717, 1.165) is 12.3 Å². The van der Waals surface area contributed by atoms with Gasteiger partial charge in [0.05, 0.1) is 0 Å². The van der Waals surface area contributed by atoms with E-state index < -0.39 is 0 Å². The summed E-state index contributed by atoms with van der Waals surface area (Å²) in [5, 5.41) is 0. The van der Waals surface area contributed by atoms with Crippen molar-refractivity contribution in [1.82, 2.24) is 0 Å². The molecule has 0 amide bonds. The minimum atomic E-state index is 0.169. The average molecular weight is 247 g/mol. The molecule has 0 aliphatic rings. The Balaban J connectivity index is 2.95. The van der Waals surface area contributed by atoms with Gasteiger partial charge in [-0.25, -0.2) is 0 Å². The molecule has 1 nitrogen and oxygen atoms in total. The number of hydrogen-bond donors (Lipinski definition) is 1. The topological polar surface area (TPSA) is 26.0 Å². The molecule has 1 rings (SSSR count). The Morgan fingerprint density at radius 2 is 1.61 bits per heavy atom. The molecule has 0 fully saturated rings. The van der Waals surface area contributed by atoms with E-state index in [0.29, 0.717) is 0 Å². The standard InChI is InChI=1S/C17H29N/c1-6-13(7-2)12-16(18)14-10-8-9-11-15(14)17(3,4)5/h8-11,13,16H,6-7,12,18H2,1-5H3.